The highest BCUT2D eigenvalue weighted by Gasteiger charge is 2.23. The summed E-state index contributed by atoms with van der Waals surface area (Å²) >= 11 is 0. The Morgan fingerprint density at radius 1 is 0.634 bits per heavy atom. The summed E-state index contributed by atoms with van der Waals surface area (Å²) in [4.78, 5) is 36.2. The summed E-state index contributed by atoms with van der Waals surface area (Å²) < 4.78 is 63.4. The Balaban J connectivity index is 1.52. The second kappa shape index (κ2) is 11.3. The fourth-order valence-electron chi connectivity index (χ4n) is 3.59. The quantitative estimate of drug-likeness (QED) is 0.280. The Morgan fingerprint density at radius 3 is 1.61 bits per heavy atom. The lowest BCUT2D eigenvalue weighted by molar-refractivity contribution is 0.0694. The average Bonchev–Trinajstić information content (AvgIpc) is 2.88. The van der Waals surface area contributed by atoms with E-state index in [4.69, 9.17) is 9.47 Å². The van der Waals surface area contributed by atoms with Crippen LogP contribution < -0.4 is 18.9 Å². The molecule has 0 aliphatic carbocycles. The number of sulfonamides is 2. The van der Waals surface area contributed by atoms with Crippen LogP contribution in [0, 0.1) is 13.8 Å². The maximum atomic E-state index is 12.5. The minimum absolute atomic E-state index is 0.110. The van der Waals surface area contributed by atoms with Gasteiger partial charge in [-0.15, -0.1) is 0 Å². The van der Waals surface area contributed by atoms with Crippen LogP contribution in [0.1, 0.15) is 21.5 Å². The van der Waals surface area contributed by atoms with Crippen molar-refractivity contribution in [2.45, 2.75) is 23.6 Å². The van der Waals surface area contributed by atoms with Gasteiger partial charge in [-0.2, -0.15) is 0 Å². The number of carbonyl (C=O) groups is 3. The zero-order valence-electron chi connectivity index (χ0n) is 21.4. The molecule has 0 aromatic heterocycles. The van der Waals surface area contributed by atoms with Crippen LogP contribution >= 0.6 is 0 Å². The van der Waals surface area contributed by atoms with Gasteiger partial charge in [-0.25, -0.2) is 40.7 Å². The fourth-order valence-corrected chi connectivity index (χ4v) is 5.34. The molecular weight excluding hydrogens is 576 g/mol. The van der Waals surface area contributed by atoms with Gasteiger partial charge in [0.1, 0.15) is 17.1 Å². The number of carbonyl (C=O) groups excluding carboxylic acids is 2. The molecule has 0 fully saturated rings. The van der Waals surface area contributed by atoms with Gasteiger partial charge in [0.05, 0.1) is 9.79 Å². The van der Waals surface area contributed by atoms with E-state index in [1.165, 1.54) is 60.7 Å². The minimum Gasteiger partial charge on any atom is -0.478 e. The van der Waals surface area contributed by atoms with Crippen molar-refractivity contribution in [3.63, 3.8) is 0 Å². The monoisotopic (exact) mass is 598 g/mol. The molecule has 0 saturated heterocycles. The van der Waals surface area contributed by atoms with Gasteiger partial charge in [0, 0.05) is 0 Å². The molecule has 14 heteroatoms. The number of benzene rings is 4. The fraction of sp³-hybridized carbons (Fsp3) is 0.0741. The Morgan fingerprint density at radius 2 is 1.12 bits per heavy atom. The smallest absolute Gasteiger partial charge is 0.426 e. The van der Waals surface area contributed by atoms with Gasteiger partial charge in [-0.05, 0) is 73.2 Å². The first-order valence-corrected chi connectivity index (χ1v) is 14.6. The first-order chi connectivity index (χ1) is 19.2. The van der Waals surface area contributed by atoms with Crippen LogP contribution in [-0.2, 0) is 20.0 Å². The molecule has 4 aromatic carbocycles. The molecule has 0 radical (unpaired) electrons. The van der Waals surface area contributed by atoms with E-state index in [1.807, 2.05) is 0 Å². The zero-order valence-corrected chi connectivity index (χ0v) is 23.1. The summed E-state index contributed by atoms with van der Waals surface area (Å²) in [6.45, 7) is 3.53. The van der Waals surface area contributed by atoms with E-state index in [0.717, 1.165) is 17.2 Å². The highest BCUT2D eigenvalue weighted by Crippen LogP contribution is 2.29. The predicted molar refractivity (Wildman–Crippen MR) is 146 cm³/mol. The van der Waals surface area contributed by atoms with Crippen molar-refractivity contribution >= 4 is 49.0 Å². The van der Waals surface area contributed by atoms with Gasteiger partial charge in [-0.3, -0.25) is 0 Å². The summed E-state index contributed by atoms with van der Waals surface area (Å²) in [5.41, 5.74) is 1.13. The van der Waals surface area contributed by atoms with Crippen LogP contribution in [-0.4, -0.2) is 40.1 Å². The number of aryl methyl sites for hydroxylation is 2. The molecule has 0 aliphatic heterocycles. The number of carboxylic acids is 1. The molecule has 0 atom stereocenters. The molecule has 41 heavy (non-hydrogen) atoms. The van der Waals surface area contributed by atoms with E-state index in [1.54, 1.807) is 35.4 Å². The molecule has 212 valence electrons. The van der Waals surface area contributed by atoms with Crippen LogP contribution in [0.25, 0.3) is 10.8 Å². The summed E-state index contributed by atoms with van der Waals surface area (Å²) in [6.07, 6.45) is -2.73. The maximum absolute atomic E-state index is 12.5. The predicted octanol–water partition coefficient (Wildman–Crippen LogP) is 4.11. The largest absolute Gasteiger partial charge is 0.478 e. The third kappa shape index (κ3) is 6.98. The number of nitrogens with one attached hydrogen (secondary N) is 2. The minimum atomic E-state index is -4.29. The van der Waals surface area contributed by atoms with E-state index < -0.39 is 49.5 Å². The number of hydrogen-bond acceptors (Lipinski definition) is 9. The van der Waals surface area contributed by atoms with Gasteiger partial charge < -0.3 is 14.6 Å². The maximum Gasteiger partial charge on any atom is 0.426 e. The van der Waals surface area contributed by atoms with Crippen molar-refractivity contribution in [2.75, 3.05) is 0 Å². The number of ether oxygens (including phenoxy) is 2. The summed E-state index contributed by atoms with van der Waals surface area (Å²) in [5.74, 6) is -2.05. The Labute approximate surface area is 234 Å². The van der Waals surface area contributed by atoms with Gasteiger partial charge in [-0.1, -0.05) is 41.5 Å². The number of rotatable bonds is 7. The van der Waals surface area contributed by atoms with E-state index in [2.05, 4.69) is 0 Å². The van der Waals surface area contributed by atoms with Crippen LogP contribution in [0.4, 0.5) is 9.59 Å². The number of aromatic carboxylic acids is 1. The SMILES string of the molecule is Cc1ccc(S(=O)(=O)NC(=O)Oc2ccc3cc(OC(=O)NS(=O)(=O)c4ccc(C)cc4)c(C(=O)O)cc3c2)cc1. The Hall–Kier alpha value is -4.95. The van der Waals surface area contributed by atoms with E-state index in [-0.39, 0.29) is 20.9 Å². The van der Waals surface area contributed by atoms with Gasteiger partial charge in [0.15, 0.2) is 0 Å². The molecule has 0 unspecified atom stereocenters. The number of carboxylic acid groups (broad SMARTS) is 1. The van der Waals surface area contributed by atoms with E-state index in [9.17, 15) is 36.3 Å². The molecule has 4 aromatic rings. The zero-order chi connectivity index (χ0) is 29.9. The van der Waals surface area contributed by atoms with Gasteiger partial charge in [0.25, 0.3) is 20.0 Å². The van der Waals surface area contributed by atoms with Crippen LogP contribution in [0.15, 0.2) is 88.7 Å². The van der Waals surface area contributed by atoms with Crippen molar-refractivity contribution in [2.24, 2.45) is 0 Å². The van der Waals surface area contributed by atoms with Crippen LogP contribution in [0.5, 0.6) is 11.5 Å². The summed E-state index contributed by atoms with van der Waals surface area (Å²) in [6, 6.07) is 17.7. The summed E-state index contributed by atoms with van der Waals surface area (Å²) in [5, 5.41) is 10.2. The Kier molecular flexibility index (Phi) is 7.98. The van der Waals surface area contributed by atoms with E-state index in [0.29, 0.717) is 5.39 Å². The summed E-state index contributed by atoms with van der Waals surface area (Å²) in [7, 11) is -8.50. The molecule has 0 saturated carbocycles. The third-order valence-electron chi connectivity index (χ3n) is 5.65. The van der Waals surface area contributed by atoms with Crippen LogP contribution in [0.2, 0.25) is 0 Å². The lowest BCUT2D eigenvalue weighted by Crippen LogP contribution is -2.33. The van der Waals surface area contributed by atoms with Crippen molar-refractivity contribution in [1.82, 2.24) is 9.44 Å². The first-order valence-electron chi connectivity index (χ1n) is 11.7. The second-order valence-electron chi connectivity index (χ2n) is 8.78. The van der Waals surface area contributed by atoms with Crippen molar-refractivity contribution in [3.05, 3.63) is 95.6 Å². The molecule has 12 nitrogen and oxygen atoms in total. The lowest BCUT2D eigenvalue weighted by Gasteiger charge is -2.12. The molecule has 4 rings (SSSR count). The average molecular weight is 599 g/mol. The Bertz CT molecular complexity index is 1890. The normalized spacial score (nSPS) is 11.5. The number of amides is 2. The molecule has 0 aliphatic rings. The van der Waals surface area contributed by atoms with Gasteiger partial charge in [0.2, 0.25) is 0 Å². The highest BCUT2D eigenvalue weighted by atomic mass is 32.2. The van der Waals surface area contributed by atoms with Crippen molar-refractivity contribution in [1.29, 1.82) is 0 Å². The molecule has 0 heterocycles. The number of hydrogen-bond donors (Lipinski definition) is 3. The molecule has 3 N–H and O–H groups in total. The highest BCUT2D eigenvalue weighted by molar-refractivity contribution is 7.90. The standard InChI is InChI=1S/C27H22N2O10S2/c1-16-3-9-21(10-4-16)40(34,35)28-26(32)38-20-8-7-18-15-24(23(25(30)31)14-19(18)13-20)39-27(33)29-41(36,37)22-11-5-17(2)6-12-22/h3-15H,1-2H3,(H,28,32)(H,29,33)(H,30,31). The van der Waals surface area contributed by atoms with Crippen LogP contribution in [0.3, 0.4) is 0 Å². The topological polar surface area (TPSA) is 182 Å². The second-order valence-corrected chi connectivity index (χ2v) is 12.1. The number of fused-ring (bicyclic) bond motifs is 1. The molecule has 2 amide bonds. The first kappa shape index (κ1) is 29.0. The molecular formula is C27H22N2O10S2. The van der Waals surface area contributed by atoms with Gasteiger partial charge >= 0.3 is 18.2 Å². The molecule has 0 spiro atoms. The third-order valence-corrected chi connectivity index (χ3v) is 8.31. The molecule has 0 bridgehead atoms. The van der Waals surface area contributed by atoms with Crippen molar-refractivity contribution in [3.8, 4) is 11.5 Å². The lowest BCUT2D eigenvalue weighted by atomic mass is 10.1. The van der Waals surface area contributed by atoms with E-state index >= 15 is 0 Å². The van der Waals surface area contributed by atoms with Crippen molar-refractivity contribution < 1.29 is 45.8 Å².